The molecule has 2 unspecified atom stereocenters. The van der Waals surface area contributed by atoms with Crippen molar-refractivity contribution in [2.75, 3.05) is 13.1 Å². The Morgan fingerprint density at radius 2 is 1.82 bits per heavy atom. The van der Waals surface area contributed by atoms with E-state index in [9.17, 15) is 0 Å². The van der Waals surface area contributed by atoms with Gasteiger partial charge in [0.2, 0.25) is 5.96 Å². The van der Waals surface area contributed by atoms with Crippen LogP contribution in [0.3, 0.4) is 0 Å². The van der Waals surface area contributed by atoms with E-state index in [1.165, 1.54) is 51.4 Å². The van der Waals surface area contributed by atoms with E-state index in [2.05, 4.69) is 16.4 Å². The van der Waals surface area contributed by atoms with Crippen LogP contribution in [0, 0.1) is 23.3 Å². The normalized spacial score (nSPS) is 44.0. The zero-order valence-corrected chi connectivity index (χ0v) is 13.4. The van der Waals surface area contributed by atoms with Crippen molar-refractivity contribution < 1.29 is 0 Å². The van der Waals surface area contributed by atoms with Crippen molar-refractivity contribution in [3.63, 3.8) is 0 Å². The van der Waals surface area contributed by atoms with Gasteiger partial charge in [0.1, 0.15) is 0 Å². The van der Waals surface area contributed by atoms with Gasteiger partial charge in [0.25, 0.3) is 0 Å². The van der Waals surface area contributed by atoms with Gasteiger partial charge in [0.05, 0.1) is 5.54 Å². The van der Waals surface area contributed by atoms with E-state index in [-0.39, 0.29) is 11.1 Å². The molecule has 1 heterocycles. The molecule has 1 saturated heterocycles. The molecular formula is C17H27N5. The molecule has 4 aliphatic carbocycles. The Morgan fingerprint density at radius 1 is 1.14 bits per heavy atom. The molecule has 0 aromatic rings. The third-order valence-corrected chi connectivity index (χ3v) is 6.24. The smallest absolute Gasteiger partial charge is 0.207 e. The van der Waals surface area contributed by atoms with Crippen molar-refractivity contribution in [2.45, 2.75) is 68.9 Å². The first-order chi connectivity index (χ1) is 10.6. The lowest BCUT2D eigenvalue weighted by Crippen LogP contribution is -2.63. The summed E-state index contributed by atoms with van der Waals surface area (Å²) in [5.74, 6) is 2.31. The Hall–Kier alpha value is -1.28. The molecule has 2 atom stereocenters. The van der Waals surface area contributed by atoms with Gasteiger partial charge in [-0.05, 0) is 69.6 Å². The fourth-order valence-electron chi connectivity index (χ4n) is 5.97. The lowest BCUT2D eigenvalue weighted by Gasteiger charge is -2.59. The van der Waals surface area contributed by atoms with Crippen molar-refractivity contribution in [1.82, 2.24) is 10.2 Å². The topological polar surface area (TPSA) is 77.4 Å². The average Bonchev–Trinajstić information content (AvgIpc) is 2.45. The molecule has 0 radical (unpaired) electrons. The van der Waals surface area contributed by atoms with Crippen LogP contribution in [0.5, 0.6) is 0 Å². The maximum Gasteiger partial charge on any atom is 0.207 e. The summed E-state index contributed by atoms with van der Waals surface area (Å²) in [6.07, 6.45) is 12.9. The lowest BCUT2D eigenvalue weighted by molar-refractivity contribution is -0.0168. The number of nitrogens with one attached hydrogen (secondary N) is 1. The highest BCUT2D eigenvalue weighted by molar-refractivity contribution is 5.82. The van der Waals surface area contributed by atoms with E-state index < -0.39 is 0 Å². The van der Waals surface area contributed by atoms with Gasteiger partial charge in [-0.25, -0.2) is 4.99 Å². The fraction of sp³-hybridized carbons (Fsp3) is 0.882. The van der Waals surface area contributed by atoms with Gasteiger partial charge in [-0.1, -0.05) is 0 Å². The standard InChI is InChI=1S/C17H27N5/c18-12-20-15(22-4-2-1-3-5-22)21-17-9-13-6-14(10-17)8-16(19,7-13)11-17/h13-14H,1-11,19H2,(H,20,21). The first-order valence-electron chi connectivity index (χ1n) is 8.89. The Kier molecular flexibility index (Phi) is 3.34. The summed E-state index contributed by atoms with van der Waals surface area (Å²) >= 11 is 0. The maximum absolute atomic E-state index is 9.14. The summed E-state index contributed by atoms with van der Waals surface area (Å²) in [5, 5.41) is 12.0. The Labute approximate surface area is 132 Å². The van der Waals surface area contributed by atoms with Crippen LogP contribution < -0.4 is 11.1 Å². The summed E-state index contributed by atoms with van der Waals surface area (Å²) in [5.41, 5.74) is 6.67. The number of hydrogen-bond donors (Lipinski definition) is 2. The molecule has 4 saturated carbocycles. The predicted molar refractivity (Wildman–Crippen MR) is 85.9 cm³/mol. The van der Waals surface area contributed by atoms with Crippen molar-refractivity contribution >= 4 is 5.96 Å². The molecule has 22 heavy (non-hydrogen) atoms. The summed E-state index contributed by atoms with van der Waals surface area (Å²) < 4.78 is 0. The van der Waals surface area contributed by atoms with E-state index >= 15 is 0 Å². The van der Waals surface area contributed by atoms with E-state index in [0.29, 0.717) is 0 Å². The number of nitriles is 1. The second-order valence-corrected chi connectivity index (χ2v) is 8.27. The number of nitrogens with zero attached hydrogens (tertiary/aromatic N) is 3. The third kappa shape index (κ3) is 2.48. The van der Waals surface area contributed by atoms with Crippen LogP contribution in [0.4, 0.5) is 0 Å². The summed E-state index contributed by atoms with van der Waals surface area (Å²) in [6, 6.07) is 0. The summed E-state index contributed by atoms with van der Waals surface area (Å²) in [7, 11) is 0. The predicted octanol–water partition coefficient (Wildman–Crippen LogP) is 1.95. The minimum atomic E-state index is -0.00450. The van der Waals surface area contributed by atoms with Crippen LogP contribution in [-0.2, 0) is 0 Å². The zero-order chi connectivity index (χ0) is 15.2. The Balaban J connectivity index is 1.62. The number of guanidine groups is 1. The fourth-order valence-corrected chi connectivity index (χ4v) is 5.97. The first-order valence-corrected chi connectivity index (χ1v) is 8.89. The van der Waals surface area contributed by atoms with Gasteiger partial charge in [-0.2, -0.15) is 5.26 Å². The monoisotopic (exact) mass is 301 g/mol. The zero-order valence-electron chi connectivity index (χ0n) is 13.4. The van der Waals surface area contributed by atoms with Crippen molar-refractivity contribution in [2.24, 2.45) is 22.6 Å². The van der Waals surface area contributed by atoms with E-state index in [1.54, 1.807) is 0 Å². The second-order valence-electron chi connectivity index (χ2n) is 8.27. The molecule has 0 amide bonds. The van der Waals surface area contributed by atoms with Crippen LogP contribution in [0.25, 0.3) is 0 Å². The third-order valence-electron chi connectivity index (χ3n) is 6.24. The molecule has 3 N–H and O–H groups in total. The number of likely N-dealkylation sites (tertiary alicyclic amines) is 1. The van der Waals surface area contributed by atoms with Crippen LogP contribution in [0.2, 0.25) is 0 Å². The molecule has 5 aliphatic rings. The molecule has 0 spiro atoms. The average molecular weight is 301 g/mol. The quantitative estimate of drug-likeness (QED) is 0.336. The van der Waals surface area contributed by atoms with Gasteiger partial charge in [0, 0.05) is 18.6 Å². The van der Waals surface area contributed by atoms with Gasteiger partial charge < -0.3 is 10.6 Å². The Morgan fingerprint density at radius 3 is 2.41 bits per heavy atom. The van der Waals surface area contributed by atoms with Crippen LogP contribution in [0.15, 0.2) is 4.99 Å². The van der Waals surface area contributed by atoms with E-state index in [4.69, 9.17) is 16.0 Å². The molecule has 5 heteroatoms. The number of hydrogen-bond acceptors (Lipinski definition) is 3. The molecule has 0 aromatic heterocycles. The highest BCUT2D eigenvalue weighted by Gasteiger charge is 2.56. The molecule has 4 bridgehead atoms. The largest absolute Gasteiger partial charge is 0.342 e. The van der Waals surface area contributed by atoms with E-state index in [1.807, 2.05) is 0 Å². The summed E-state index contributed by atoms with van der Waals surface area (Å²) in [6.45, 7) is 2.04. The van der Waals surface area contributed by atoms with Crippen molar-refractivity contribution in [3.8, 4) is 6.19 Å². The maximum atomic E-state index is 9.14. The van der Waals surface area contributed by atoms with Gasteiger partial charge in [0.15, 0.2) is 6.19 Å². The van der Waals surface area contributed by atoms with Gasteiger partial charge >= 0.3 is 0 Å². The van der Waals surface area contributed by atoms with Crippen molar-refractivity contribution in [1.29, 1.82) is 5.26 Å². The lowest BCUT2D eigenvalue weighted by atomic mass is 9.50. The Bertz CT molecular complexity index is 500. The SMILES string of the molecule is N#CNC(=NC12CC3CC(CC(N)(C3)C1)C2)N1CCCCC1. The first kappa shape index (κ1) is 14.3. The molecule has 5 fully saturated rings. The van der Waals surface area contributed by atoms with Gasteiger partial charge in [-0.3, -0.25) is 5.32 Å². The minimum Gasteiger partial charge on any atom is -0.342 e. The van der Waals surface area contributed by atoms with Crippen LogP contribution >= 0.6 is 0 Å². The van der Waals surface area contributed by atoms with E-state index in [0.717, 1.165) is 37.3 Å². The number of piperidine rings is 1. The van der Waals surface area contributed by atoms with Crippen LogP contribution in [-0.4, -0.2) is 35.0 Å². The number of nitrogens with two attached hydrogens (primary N) is 1. The molecule has 1 aliphatic heterocycles. The highest BCUT2D eigenvalue weighted by Crippen LogP contribution is 2.58. The molecule has 5 nitrogen and oxygen atoms in total. The molecule has 5 rings (SSSR count). The summed E-state index contributed by atoms with van der Waals surface area (Å²) in [4.78, 5) is 7.43. The van der Waals surface area contributed by atoms with Crippen LogP contribution in [0.1, 0.15) is 57.8 Å². The molecule has 120 valence electrons. The molecule has 0 aromatic carbocycles. The van der Waals surface area contributed by atoms with Gasteiger partial charge in [-0.15, -0.1) is 0 Å². The minimum absolute atomic E-state index is 0.00450. The second kappa shape index (κ2) is 5.13. The number of aliphatic imine (C=N–C) groups is 1. The molecular weight excluding hydrogens is 274 g/mol. The van der Waals surface area contributed by atoms with Crippen molar-refractivity contribution in [3.05, 3.63) is 0 Å². The number of rotatable bonds is 1. The highest BCUT2D eigenvalue weighted by atomic mass is 15.3.